The molecule has 0 saturated carbocycles. The number of hydrogen-bond donors (Lipinski definition) is 0. The van der Waals surface area contributed by atoms with Gasteiger partial charge in [0, 0.05) is 12.6 Å². The standard InChI is InChI=1S/C18H25NO5S/c1-5-19(15-6-7-25(22,23)11-15)16(20)10-24-18(21)17-13(3)8-12(2)9-14(17)4/h8-9,15H,5-7,10-11H2,1-4H3/t15-/m0/s1. The quantitative estimate of drug-likeness (QED) is 0.742. The second-order valence-corrected chi connectivity index (χ2v) is 8.82. The number of ether oxygens (including phenoxy) is 1. The molecule has 1 aliphatic rings. The zero-order valence-corrected chi connectivity index (χ0v) is 16.0. The van der Waals surface area contributed by atoms with Crippen LogP contribution < -0.4 is 0 Å². The Morgan fingerprint density at radius 1 is 1.20 bits per heavy atom. The molecule has 1 heterocycles. The van der Waals surface area contributed by atoms with E-state index >= 15 is 0 Å². The lowest BCUT2D eigenvalue weighted by atomic mass is 10.00. The Kier molecular flexibility index (Phi) is 5.87. The zero-order chi connectivity index (χ0) is 18.8. The fourth-order valence-electron chi connectivity index (χ4n) is 3.44. The van der Waals surface area contributed by atoms with Crippen molar-refractivity contribution in [1.82, 2.24) is 4.90 Å². The van der Waals surface area contributed by atoms with E-state index in [1.54, 1.807) is 6.92 Å². The second-order valence-electron chi connectivity index (χ2n) is 6.59. The van der Waals surface area contributed by atoms with E-state index in [1.807, 2.05) is 32.9 Å². The number of carbonyl (C=O) groups excluding carboxylic acids is 2. The average Bonchev–Trinajstić information content (AvgIpc) is 2.84. The number of likely N-dealkylation sites (N-methyl/N-ethyl adjacent to an activating group) is 1. The molecule has 25 heavy (non-hydrogen) atoms. The fourth-order valence-corrected chi connectivity index (χ4v) is 5.17. The highest BCUT2D eigenvalue weighted by Gasteiger charge is 2.34. The predicted molar refractivity (Wildman–Crippen MR) is 95.4 cm³/mol. The third kappa shape index (κ3) is 4.60. The summed E-state index contributed by atoms with van der Waals surface area (Å²) in [5.74, 6) is -0.807. The van der Waals surface area contributed by atoms with Crippen molar-refractivity contribution in [3.05, 3.63) is 34.4 Å². The number of benzene rings is 1. The normalized spacial score (nSPS) is 18.8. The van der Waals surface area contributed by atoms with E-state index in [9.17, 15) is 18.0 Å². The maximum Gasteiger partial charge on any atom is 0.339 e. The summed E-state index contributed by atoms with van der Waals surface area (Å²) in [6.45, 7) is 7.42. The first-order valence-corrected chi connectivity index (χ1v) is 10.2. The molecule has 1 atom stereocenters. The molecule has 138 valence electrons. The van der Waals surface area contributed by atoms with E-state index in [1.165, 1.54) is 4.90 Å². The van der Waals surface area contributed by atoms with Gasteiger partial charge in [0.15, 0.2) is 16.4 Å². The third-order valence-corrected chi connectivity index (χ3v) is 6.27. The molecule has 0 aromatic heterocycles. The van der Waals surface area contributed by atoms with Gasteiger partial charge in [0.1, 0.15) is 0 Å². The van der Waals surface area contributed by atoms with E-state index in [4.69, 9.17) is 4.74 Å². The van der Waals surface area contributed by atoms with Gasteiger partial charge in [-0.15, -0.1) is 0 Å². The molecule has 0 radical (unpaired) electrons. The fraction of sp³-hybridized carbons (Fsp3) is 0.556. The van der Waals surface area contributed by atoms with Crippen LogP contribution >= 0.6 is 0 Å². The van der Waals surface area contributed by atoms with Crippen LogP contribution in [0.1, 0.15) is 40.4 Å². The monoisotopic (exact) mass is 367 g/mol. The minimum absolute atomic E-state index is 0.0172. The first-order valence-electron chi connectivity index (χ1n) is 8.39. The predicted octanol–water partition coefficient (Wildman–Crippen LogP) is 1.80. The highest BCUT2D eigenvalue weighted by molar-refractivity contribution is 7.91. The number of aryl methyl sites for hydroxylation is 3. The highest BCUT2D eigenvalue weighted by atomic mass is 32.2. The van der Waals surface area contributed by atoms with Crippen LogP contribution in [-0.2, 0) is 19.4 Å². The van der Waals surface area contributed by atoms with Gasteiger partial charge in [-0.25, -0.2) is 13.2 Å². The van der Waals surface area contributed by atoms with Gasteiger partial charge in [-0.1, -0.05) is 17.7 Å². The number of nitrogens with zero attached hydrogens (tertiary/aromatic N) is 1. The molecule has 1 amide bonds. The number of sulfone groups is 1. The summed E-state index contributed by atoms with van der Waals surface area (Å²) in [6.07, 6.45) is 0.437. The summed E-state index contributed by atoms with van der Waals surface area (Å²) < 4.78 is 28.4. The summed E-state index contributed by atoms with van der Waals surface area (Å²) in [5, 5.41) is 0. The lowest BCUT2D eigenvalue weighted by Crippen LogP contribution is -2.43. The van der Waals surface area contributed by atoms with Gasteiger partial charge >= 0.3 is 5.97 Å². The van der Waals surface area contributed by atoms with Crippen LogP contribution in [0.4, 0.5) is 0 Å². The summed E-state index contributed by atoms with van der Waals surface area (Å²) in [6, 6.07) is 3.46. The van der Waals surface area contributed by atoms with Crippen molar-refractivity contribution in [2.45, 2.75) is 40.2 Å². The largest absolute Gasteiger partial charge is 0.452 e. The van der Waals surface area contributed by atoms with E-state index < -0.39 is 15.8 Å². The van der Waals surface area contributed by atoms with Crippen LogP contribution in [0.25, 0.3) is 0 Å². The molecule has 1 fully saturated rings. The van der Waals surface area contributed by atoms with E-state index in [-0.39, 0.29) is 30.1 Å². The Hall–Kier alpha value is -1.89. The third-order valence-electron chi connectivity index (χ3n) is 4.52. The molecule has 0 N–H and O–H groups in total. The Morgan fingerprint density at radius 3 is 2.28 bits per heavy atom. The topological polar surface area (TPSA) is 80.8 Å². The van der Waals surface area contributed by atoms with Gasteiger partial charge in [-0.05, 0) is 45.2 Å². The SMILES string of the molecule is CCN(C(=O)COC(=O)c1c(C)cc(C)cc1C)[C@H]1CCS(=O)(=O)C1. The van der Waals surface area contributed by atoms with Gasteiger partial charge in [0.25, 0.3) is 5.91 Å². The van der Waals surface area contributed by atoms with Gasteiger partial charge in [0.05, 0.1) is 17.1 Å². The molecule has 1 aromatic rings. The Balaban J connectivity index is 2.02. The summed E-state index contributed by atoms with van der Waals surface area (Å²) >= 11 is 0. The van der Waals surface area contributed by atoms with Gasteiger partial charge < -0.3 is 9.64 Å². The van der Waals surface area contributed by atoms with E-state index in [0.29, 0.717) is 18.5 Å². The average molecular weight is 367 g/mol. The first kappa shape index (κ1) is 19.4. The molecular weight excluding hydrogens is 342 g/mol. The van der Waals surface area contributed by atoms with E-state index in [2.05, 4.69) is 0 Å². The van der Waals surface area contributed by atoms with Crippen molar-refractivity contribution in [1.29, 1.82) is 0 Å². The van der Waals surface area contributed by atoms with Crippen LogP contribution in [0.5, 0.6) is 0 Å². The lowest BCUT2D eigenvalue weighted by molar-refractivity contribution is -0.136. The van der Waals surface area contributed by atoms with Crippen molar-refractivity contribution in [2.75, 3.05) is 24.7 Å². The van der Waals surface area contributed by atoms with Gasteiger partial charge in [-0.3, -0.25) is 4.79 Å². The van der Waals surface area contributed by atoms with Crippen molar-refractivity contribution in [2.24, 2.45) is 0 Å². The molecule has 1 aliphatic heterocycles. The Labute approximate surface area is 149 Å². The van der Waals surface area contributed by atoms with Crippen LogP contribution in [0.3, 0.4) is 0 Å². The molecule has 1 aromatic carbocycles. The molecule has 0 aliphatic carbocycles. The summed E-state index contributed by atoms with van der Waals surface area (Å²) in [5.41, 5.74) is 3.15. The first-order chi connectivity index (χ1) is 11.6. The number of rotatable bonds is 5. The Bertz CT molecular complexity index is 762. The van der Waals surface area contributed by atoms with Crippen LogP contribution in [0.2, 0.25) is 0 Å². The number of hydrogen-bond acceptors (Lipinski definition) is 5. The number of esters is 1. The van der Waals surface area contributed by atoms with Crippen LogP contribution in [-0.4, -0.2) is 55.9 Å². The number of carbonyl (C=O) groups is 2. The smallest absolute Gasteiger partial charge is 0.339 e. The molecule has 2 rings (SSSR count). The molecule has 0 bridgehead atoms. The molecule has 0 unspecified atom stereocenters. The Morgan fingerprint density at radius 2 is 1.80 bits per heavy atom. The lowest BCUT2D eigenvalue weighted by Gasteiger charge is -2.26. The number of amides is 1. The summed E-state index contributed by atoms with van der Waals surface area (Å²) in [7, 11) is -3.08. The zero-order valence-electron chi connectivity index (χ0n) is 15.2. The van der Waals surface area contributed by atoms with Crippen molar-refractivity contribution >= 4 is 21.7 Å². The second kappa shape index (κ2) is 7.56. The minimum Gasteiger partial charge on any atom is -0.452 e. The maximum atomic E-state index is 12.4. The molecule has 6 nitrogen and oxygen atoms in total. The molecular formula is C18H25NO5S. The van der Waals surface area contributed by atoms with E-state index in [0.717, 1.165) is 16.7 Å². The van der Waals surface area contributed by atoms with Gasteiger partial charge in [0.2, 0.25) is 0 Å². The maximum absolute atomic E-state index is 12.4. The highest BCUT2D eigenvalue weighted by Crippen LogP contribution is 2.19. The molecule has 0 spiro atoms. The minimum atomic E-state index is -3.08. The summed E-state index contributed by atoms with van der Waals surface area (Å²) in [4.78, 5) is 26.2. The van der Waals surface area contributed by atoms with Crippen molar-refractivity contribution in [3.63, 3.8) is 0 Å². The van der Waals surface area contributed by atoms with Gasteiger partial charge in [-0.2, -0.15) is 0 Å². The van der Waals surface area contributed by atoms with Crippen molar-refractivity contribution < 1.29 is 22.7 Å². The van der Waals surface area contributed by atoms with Crippen LogP contribution in [0, 0.1) is 20.8 Å². The molecule has 7 heteroatoms. The van der Waals surface area contributed by atoms with Crippen LogP contribution in [0.15, 0.2) is 12.1 Å². The van der Waals surface area contributed by atoms with Crippen molar-refractivity contribution in [3.8, 4) is 0 Å². The molecule has 1 saturated heterocycles.